The Hall–Kier alpha value is -2.07. The Bertz CT molecular complexity index is 1110. The summed E-state index contributed by atoms with van der Waals surface area (Å²) in [5.41, 5.74) is 1.65. The number of nitrogens with zero attached hydrogens (tertiary/aromatic N) is 1. The smallest absolute Gasteiger partial charge is 0.228 e. The third-order valence-corrected chi connectivity index (χ3v) is 8.31. The van der Waals surface area contributed by atoms with Crippen molar-refractivity contribution in [1.82, 2.24) is 0 Å². The van der Waals surface area contributed by atoms with Crippen LogP contribution in [0.3, 0.4) is 0 Å². The minimum atomic E-state index is -0.571. The molecule has 0 saturated heterocycles. The number of nitrogens with one attached hydrogen (secondary N) is 2. The van der Waals surface area contributed by atoms with Gasteiger partial charge in [0.05, 0.1) is 22.0 Å². The Morgan fingerprint density at radius 2 is 2.03 bits per heavy atom. The molecule has 1 atom stereocenters. The minimum Gasteiger partial charge on any atom is -0.367 e. The molecule has 2 N–H and O–H groups in total. The molecule has 2 aliphatic rings. The van der Waals surface area contributed by atoms with E-state index in [2.05, 4.69) is 16.7 Å². The van der Waals surface area contributed by atoms with Crippen molar-refractivity contribution in [2.24, 2.45) is 5.92 Å². The largest absolute Gasteiger partial charge is 0.367 e. The van der Waals surface area contributed by atoms with Crippen LogP contribution in [0, 0.1) is 17.2 Å². The molecule has 1 fully saturated rings. The third kappa shape index (κ3) is 4.03. The Morgan fingerprint density at radius 3 is 2.62 bits per heavy atom. The number of halogens is 2. The highest BCUT2D eigenvalue weighted by Gasteiger charge is 2.54. The van der Waals surface area contributed by atoms with Gasteiger partial charge in [-0.1, -0.05) is 54.5 Å². The standard InChI is InChI=1S/C24H25Cl2N3O2S/c1-3-13(4-2)21(31)29-23-16(12-27)15-6-8-19(28-22(15)32-23)20(30)24(9-10-24)17-7-5-14(25)11-18(17)26/h5,7,11,13,19,28H,3-4,6,8-10H2,1-2H3,(H,29,31). The maximum absolute atomic E-state index is 13.6. The van der Waals surface area contributed by atoms with Crippen molar-refractivity contribution in [3.8, 4) is 6.07 Å². The van der Waals surface area contributed by atoms with E-state index in [9.17, 15) is 14.9 Å². The number of hydrogen-bond donors (Lipinski definition) is 2. The lowest BCUT2D eigenvalue weighted by Gasteiger charge is -2.28. The summed E-state index contributed by atoms with van der Waals surface area (Å²) in [5, 5.41) is 18.5. The monoisotopic (exact) mass is 489 g/mol. The first-order chi connectivity index (χ1) is 15.3. The maximum Gasteiger partial charge on any atom is 0.228 e. The first kappa shape index (κ1) is 23.1. The number of carbonyl (C=O) groups excluding carboxylic acids is 2. The topological polar surface area (TPSA) is 82.0 Å². The van der Waals surface area contributed by atoms with Gasteiger partial charge in [-0.3, -0.25) is 9.59 Å². The van der Waals surface area contributed by atoms with Crippen LogP contribution >= 0.6 is 34.5 Å². The number of amides is 1. The van der Waals surface area contributed by atoms with Crippen molar-refractivity contribution in [3.63, 3.8) is 0 Å². The van der Waals surface area contributed by atoms with E-state index in [1.54, 1.807) is 12.1 Å². The molecule has 1 aliphatic carbocycles. The Labute approximate surface area is 202 Å². The van der Waals surface area contributed by atoms with E-state index in [4.69, 9.17) is 23.2 Å². The fourth-order valence-corrected chi connectivity index (χ4v) is 6.34. The minimum absolute atomic E-state index is 0.0629. The second kappa shape index (κ2) is 9.05. The highest BCUT2D eigenvalue weighted by molar-refractivity contribution is 7.20. The summed E-state index contributed by atoms with van der Waals surface area (Å²) < 4.78 is 0. The molecule has 5 nitrogen and oxygen atoms in total. The molecule has 1 saturated carbocycles. The van der Waals surface area contributed by atoms with Crippen LogP contribution in [0.25, 0.3) is 0 Å². The first-order valence-electron chi connectivity index (χ1n) is 11.0. The van der Waals surface area contributed by atoms with Gasteiger partial charge >= 0.3 is 0 Å². The molecule has 1 unspecified atom stereocenters. The molecule has 1 aromatic heterocycles. The van der Waals surface area contributed by atoms with E-state index in [1.807, 2.05) is 19.9 Å². The Morgan fingerprint density at radius 1 is 1.31 bits per heavy atom. The van der Waals surface area contributed by atoms with E-state index in [-0.39, 0.29) is 23.7 Å². The molecule has 2 heterocycles. The molecule has 8 heteroatoms. The number of carbonyl (C=O) groups is 2. The molecule has 1 amide bonds. The van der Waals surface area contributed by atoms with Gasteiger partial charge in [-0.15, -0.1) is 0 Å². The molecule has 0 radical (unpaired) electrons. The van der Waals surface area contributed by atoms with Crippen molar-refractivity contribution >= 4 is 56.2 Å². The molecule has 0 bridgehead atoms. The number of ketones is 1. The Balaban J connectivity index is 1.56. The number of nitriles is 1. The quantitative estimate of drug-likeness (QED) is 0.475. The van der Waals surface area contributed by atoms with E-state index < -0.39 is 5.41 Å². The normalized spacial score (nSPS) is 18.4. The predicted molar refractivity (Wildman–Crippen MR) is 130 cm³/mol. The van der Waals surface area contributed by atoms with Crippen LogP contribution in [0.5, 0.6) is 0 Å². The van der Waals surface area contributed by atoms with Gasteiger partial charge in [0, 0.05) is 21.5 Å². The highest BCUT2D eigenvalue weighted by atomic mass is 35.5. The van der Waals surface area contributed by atoms with Crippen molar-refractivity contribution in [2.45, 2.75) is 63.8 Å². The van der Waals surface area contributed by atoms with Crippen molar-refractivity contribution in [2.75, 3.05) is 10.6 Å². The first-order valence-corrected chi connectivity index (χ1v) is 12.5. The summed E-state index contributed by atoms with van der Waals surface area (Å²) in [7, 11) is 0. The van der Waals surface area contributed by atoms with Gasteiger partial charge in [-0.25, -0.2) is 0 Å². The van der Waals surface area contributed by atoms with E-state index >= 15 is 0 Å². The highest BCUT2D eigenvalue weighted by Crippen LogP contribution is 2.53. The number of Topliss-reactive ketones (excluding diaryl/α,β-unsaturated/α-hetero) is 1. The van der Waals surface area contributed by atoms with Crippen LogP contribution in [0.2, 0.25) is 10.0 Å². The van der Waals surface area contributed by atoms with Crippen LogP contribution in [-0.2, 0) is 21.4 Å². The third-order valence-electron chi connectivity index (χ3n) is 6.69. The van der Waals surface area contributed by atoms with Gasteiger partial charge in [0.1, 0.15) is 11.1 Å². The van der Waals surface area contributed by atoms with E-state index in [1.165, 1.54) is 11.3 Å². The SMILES string of the molecule is CCC(CC)C(=O)Nc1sc2c(c1C#N)CCC(C(=O)C1(c3ccc(Cl)cc3Cl)CC1)N2. The average Bonchev–Trinajstić information content (AvgIpc) is 3.49. The fourth-order valence-electron chi connectivity index (χ4n) is 4.60. The lowest BCUT2D eigenvalue weighted by Crippen LogP contribution is -2.40. The van der Waals surface area contributed by atoms with Crippen LogP contribution in [0.15, 0.2) is 18.2 Å². The van der Waals surface area contributed by atoms with E-state index in [0.717, 1.165) is 41.8 Å². The average molecular weight is 490 g/mol. The zero-order valence-electron chi connectivity index (χ0n) is 18.1. The second-order valence-corrected chi connectivity index (χ2v) is 10.4. The fraction of sp³-hybridized carbons (Fsp3) is 0.458. The molecule has 1 aliphatic heterocycles. The lowest BCUT2D eigenvalue weighted by molar-refractivity contribution is -0.122. The second-order valence-electron chi connectivity index (χ2n) is 8.53. The number of anilines is 2. The molecule has 0 spiro atoms. The van der Waals surface area contributed by atoms with Crippen LogP contribution in [-0.4, -0.2) is 17.7 Å². The summed E-state index contributed by atoms with van der Waals surface area (Å²) in [6.45, 7) is 3.97. The zero-order valence-corrected chi connectivity index (χ0v) is 20.4. The predicted octanol–water partition coefficient (Wildman–Crippen LogP) is 6.33. The lowest BCUT2D eigenvalue weighted by atomic mass is 9.84. The Kier molecular flexibility index (Phi) is 6.53. The van der Waals surface area contributed by atoms with Gasteiger partial charge in [0.15, 0.2) is 5.78 Å². The number of hydrogen-bond acceptors (Lipinski definition) is 5. The number of rotatable bonds is 7. The number of thiophene rings is 1. The summed E-state index contributed by atoms with van der Waals surface area (Å²) >= 11 is 13.8. The molecular formula is C24H25Cl2N3O2S. The summed E-state index contributed by atoms with van der Waals surface area (Å²) in [6, 6.07) is 7.21. The van der Waals surface area contributed by atoms with Gasteiger partial charge in [0.25, 0.3) is 0 Å². The summed E-state index contributed by atoms with van der Waals surface area (Å²) in [4.78, 5) is 26.1. The molecule has 4 rings (SSSR count). The van der Waals surface area contributed by atoms with Crippen LogP contribution in [0.1, 0.15) is 62.6 Å². The molecule has 168 valence electrons. The van der Waals surface area contributed by atoms with Gasteiger partial charge < -0.3 is 10.6 Å². The summed E-state index contributed by atoms with van der Waals surface area (Å²) in [5.74, 6) is -0.0178. The molecule has 1 aromatic carbocycles. The van der Waals surface area contributed by atoms with Crippen molar-refractivity contribution < 1.29 is 9.59 Å². The summed E-state index contributed by atoms with van der Waals surface area (Å²) in [6.07, 6.45) is 4.25. The molecule has 32 heavy (non-hydrogen) atoms. The van der Waals surface area contributed by atoms with E-state index in [0.29, 0.717) is 33.5 Å². The zero-order chi connectivity index (χ0) is 23.0. The van der Waals surface area contributed by atoms with Crippen LogP contribution < -0.4 is 10.6 Å². The maximum atomic E-state index is 13.6. The van der Waals surface area contributed by atoms with Gasteiger partial charge in [-0.2, -0.15) is 5.26 Å². The van der Waals surface area contributed by atoms with Crippen LogP contribution in [0.4, 0.5) is 10.0 Å². The van der Waals surface area contributed by atoms with Crippen molar-refractivity contribution in [3.05, 3.63) is 44.9 Å². The molecule has 2 aromatic rings. The van der Waals surface area contributed by atoms with Gasteiger partial charge in [-0.05, 0) is 56.2 Å². The van der Waals surface area contributed by atoms with Gasteiger partial charge in [0.2, 0.25) is 5.91 Å². The molecular weight excluding hydrogens is 465 g/mol. The number of fused-ring (bicyclic) bond motifs is 1. The van der Waals surface area contributed by atoms with Crippen molar-refractivity contribution in [1.29, 1.82) is 5.26 Å². The number of benzene rings is 1.